The van der Waals surface area contributed by atoms with E-state index in [0.29, 0.717) is 5.56 Å². The van der Waals surface area contributed by atoms with Gasteiger partial charge in [-0.3, -0.25) is 4.79 Å². The number of rotatable bonds is 8. The molecule has 1 atom stereocenters. The van der Waals surface area contributed by atoms with E-state index in [1.54, 1.807) is 19.1 Å². The lowest BCUT2D eigenvalue weighted by Crippen LogP contribution is -2.43. The van der Waals surface area contributed by atoms with Gasteiger partial charge in [-0.25, -0.2) is 10.0 Å². The number of esters is 1. The summed E-state index contributed by atoms with van der Waals surface area (Å²) in [6.07, 6.45) is 0. The minimum absolute atomic E-state index is 0.100. The number of thiol groups is 1. The Bertz CT molecular complexity index is 551. The van der Waals surface area contributed by atoms with Crippen LogP contribution in [0.25, 0.3) is 0 Å². The highest BCUT2D eigenvalue weighted by Gasteiger charge is 2.21. The van der Waals surface area contributed by atoms with Gasteiger partial charge in [0, 0.05) is 11.3 Å². The number of nitrogens with one attached hydrogen (secondary N) is 1. The second kappa shape index (κ2) is 8.88. The lowest BCUT2D eigenvalue weighted by atomic mass is 10.1. The molecule has 0 saturated heterocycles. The van der Waals surface area contributed by atoms with Gasteiger partial charge < -0.3 is 10.1 Å². The van der Waals surface area contributed by atoms with Crippen LogP contribution in [-0.4, -0.2) is 40.6 Å². The Morgan fingerprint density at radius 3 is 2.77 bits per heavy atom. The van der Waals surface area contributed by atoms with Crippen LogP contribution in [0.15, 0.2) is 24.3 Å². The molecule has 0 aliphatic carbocycles. The summed E-state index contributed by atoms with van der Waals surface area (Å²) >= 11 is 4.01. The topological polar surface area (TPSA) is 105 Å². The number of amides is 1. The van der Waals surface area contributed by atoms with E-state index >= 15 is 0 Å². The van der Waals surface area contributed by atoms with Crippen molar-refractivity contribution in [3.05, 3.63) is 40.3 Å². The maximum Gasteiger partial charge on any atom is 0.475 e. The van der Waals surface area contributed by atoms with Crippen molar-refractivity contribution in [1.82, 2.24) is 5.32 Å². The number of carbonyl (C=O) groups is 2. The van der Waals surface area contributed by atoms with E-state index < -0.39 is 23.0 Å². The average molecular weight is 329 g/mol. The number of hydrogen-bond donors (Lipinski definition) is 3. The zero-order chi connectivity index (χ0) is 16.5. The van der Waals surface area contributed by atoms with Crippen LogP contribution in [0.3, 0.4) is 0 Å². The SMILES string of the molecule is CCOC(=O)C(CS)NC(=O)c1cccc(CO[N+](=O)O)c1. The fourth-order valence-electron chi connectivity index (χ4n) is 1.60. The summed E-state index contributed by atoms with van der Waals surface area (Å²) in [5, 5.41) is 10.2. The summed E-state index contributed by atoms with van der Waals surface area (Å²) in [6.45, 7) is 1.67. The zero-order valence-corrected chi connectivity index (χ0v) is 12.8. The van der Waals surface area contributed by atoms with Crippen LogP contribution in [0.5, 0.6) is 0 Å². The molecule has 1 amide bonds. The van der Waals surface area contributed by atoms with Gasteiger partial charge in [0.15, 0.2) is 6.61 Å². The number of nitrogens with zero attached hydrogens (tertiary/aromatic N) is 1. The van der Waals surface area contributed by atoms with Gasteiger partial charge in [-0.2, -0.15) is 17.5 Å². The Morgan fingerprint density at radius 2 is 2.18 bits per heavy atom. The van der Waals surface area contributed by atoms with E-state index in [1.165, 1.54) is 12.1 Å². The third-order valence-corrected chi connectivity index (χ3v) is 2.95. The fraction of sp³-hybridized carbons (Fsp3) is 0.385. The highest BCUT2D eigenvalue weighted by Crippen LogP contribution is 2.07. The van der Waals surface area contributed by atoms with E-state index in [4.69, 9.17) is 9.94 Å². The Hall–Kier alpha value is -2.29. The average Bonchev–Trinajstić information content (AvgIpc) is 2.50. The number of carbonyl (C=O) groups excluding carboxylic acids is 2. The quantitative estimate of drug-likeness (QED) is 0.371. The maximum atomic E-state index is 12.1. The third kappa shape index (κ3) is 5.60. The van der Waals surface area contributed by atoms with E-state index in [9.17, 15) is 14.5 Å². The lowest BCUT2D eigenvalue weighted by molar-refractivity contribution is -0.979. The molecule has 0 aliphatic rings. The zero-order valence-electron chi connectivity index (χ0n) is 11.9. The van der Waals surface area contributed by atoms with Gasteiger partial charge in [-0.15, -0.1) is 0 Å². The van der Waals surface area contributed by atoms with Crippen molar-refractivity contribution >= 4 is 24.5 Å². The van der Waals surface area contributed by atoms with Crippen LogP contribution in [-0.2, 0) is 21.0 Å². The van der Waals surface area contributed by atoms with E-state index in [0.717, 1.165) is 0 Å². The molecule has 0 saturated carbocycles. The van der Waals surface area contributed by atoms with E-state index in [-0.39, 0.29) is 24.5 Å². The second-order valence-electron chi connectivity index (χ2n) is 4.17. The van der Waals surface area contributed by atoms with Crippen LogP contribution in [0.2, 0.25) is 0 Å². The molecule has 9 heteroatoms. The largest absolute Gasteiger partial charge is 0.475 e. The van der Waals surface area contributed by atoms with Crippen LogP contribution in [0.1, 0.15) is 22.8 Å². The maximum absolute atomic E-state index is 12.1. The minimum Gasteiger partial charge on any atom is -0.464 e. The molecular formula is C13H17N2O6S+. The van der Waals surface area contributed by atoms with Crippen molar-refractivity contribution in [2.45, 2.75) is 19.6 Å². The van der Waals surface area contributed by atoms with Crippen molar-refractivity contribution < 1.29 is 29.5 Å². The summed E-state index contributed by atoms with van der Waals surface area (Å²) in [5.74, 6) is -0.951. The first kappa shape index (κ1) is 17.8. The molecule has 0 bridgehead atoms. The normalized spacial score (nSPS) is 11.4. The monoisotopic (exact) mass is 329 g/mol. The Kier molecular flexibility index (Phi) is 7.17. The summed E-state index contributed by atoms with van der Waals surface area (Å²) in [7, 11) is 0. The number of ether oxygens (including phenoxy) is 1. The highest BCUT2D eigenvalue weighted by molar-refractivity contribution is 7.80. The Morgan fingerprint density at radius 1 is 1.45 bits per heavy atom. The molecule has 8 nitrogen and oxygen atoms in total. The first-order chi connectivity index (χ1) is 10.5. The fourth-order valence-corrected chi connectivity index (χ4v) is 1.84. The first-order valence-electron chi connectivity index (χ1n) is 6.44. The molecule has 1 rings (SSSR count). The molecule has 0 aliphatic heterocycles. The van der Waals surface area contributed by atoms with Crippen LogP contribution in [0.4, 0.5) is 0 Å². The van der Waals surface area contributed by atoms with Gasteiger partial charge in [0.2, 0.25) is 0 Å². The molecule has 0 spiro atoms. The van der Waals surface area contributed by atoms with Crippen molar-refractivity contribution in [1.29, 1.82) is 0 Å². The van der Waals surface area contributed by atoms with E-state index in [2.05, 4.69) is 22.8 Å². The molecule has 1 aromatic rings. The van der Waals surface area contributed by atoms with Crippen LogP contribution < -0.4 is 5.32 Å². The molecular weight excluding hydrogens is 312 g/mol. The van der Waals surface area contributed by atoms with Gasteiger partial charge >= 0.3 is 11.1 Å². The molecule has 22 heavy (non-hydrogen) atoms. The summed E-state index contributed by atoms with van der Waals surface area (Å²) in [6, 6.07) is 5.35. The highest BCUT2D eigenvalue weighted by atomic mass is 32.1. The Labute approximate surface area is 132 Å². The smallest absolute Gasteiger partial charge is 0.464 e. The number of benzene rings is 1. The summed E-state index contributed by atoms with van der Waals surface area (Å²) in [4.78, 5) is 38.3. The second-order valence-corrected chi connectivity index (χ2v) is 4.54. The van der Waals surface area contributed by atoms with Crippen molar-refractivity contribution in [2.24, 2.45) is 0 Å². The first-order valence-corrected chi connectivity index (χ1v) is 7.07. The number of hydrogen-bond acceptors (Lipinski definition) is 6. The van der Waals surface area contributed by atoms with E-state index in [1.807, 2.05) is 0 Å². The third-order valence-electron chi connectivity index (χ3n) is 2.59. The molecule has 2 N–H and O–H groups in total. The standard InChI is InChI=1S/C13H16N2O6S/c1-2-20-13(17)11(8-22)14-12(16)10-5-3-4-9(6-10)7-21-15(18)19/h3-6,11H,2,7-8H2,1H3,(H2-,14,16,18,19,22)/p+1. The van der Waals surface area contributed by atoms with Gasteiger partial charge in [0.1, 0.15) is 10.9 Å². The van der Waals surface area contributed by atoms with Crippen LogP contribution in [0, 0.1) is 4.91 Å². The minimum atomic E-state index is -0.856. The molecule has 0 aromatic heterocycles. The lowest BCUT2D eigenvalue weighted by Gasteiger charge is -2.15. The van der Waals surface area contributed by atoms with Crippen molar-refractivity contribution in [3.8, 4) is 0 Å². The Balaban J connectivity index is 2.73. The van der Waals surface area contributed by atoms with Crippen molar-refractivity contribution in [3.63, 3.8) is 0 Å². The van der Waals surface area contributed by atoms with Crippen molar-refractivity contribution in [2.75, 3.05) is 12.4 Å². The summed E-state index contributed by atoms with van der Waals surface area (Å²) < 4.78 is 4.83. The molecule has 120 valence electrons. The van der Waals surface area contributed by atoms with Gasteiger partial charge in [-0.05, 0) is 24.6 Å². The van der Waals surface area contributed by atoms with Gasteiger partial charge in [0.05, 0.1) is 6.61 Å². The van der Waals surface area contributed by atoms with Gasteiger partial charge in [0.25, 0.3) is 5.91 Å². The molecule has 1 aromatic carbocycles. The molecule has 0 radical (unpaired) electrons. The van der Waals surface area contributed by atoms with Crippen LogP contribution >= 0.6 is 12.6 Å². The van der Waals surface area contributed by atoms with Gasteiger partial charge in [-0.1, -0.05) is 12.1 Å². The predicted octanol–water partition coefficient (Wildman–Crippen LogP) is 0.878. The molecule has 0 fully saturated rings. The summed E-state index contributed by atoms with van der Waals surface area (Å²) in [5.41, 5.74) is 0.772. The molecule has 1 unspecified atom stereocenters. The molecule has 0 heterocycles. The predicted molar refractivity (Wildman–Crippen MR) is 78.4 cm³/mol.